The summed E-state index contributed by atoms with van der Waals surface area (Å²) >= 11 is 1.88. The van der Waals surface area contributed by atoms with E-state index in [0.717, 1.165) is 23.5 Å². The van der Waals surface area contributed by atoms with E-state index in [1.165, 1.54) is 0 Å². The molecule has 1 saturated heterocycles. The third-order valence-electron chi connectivity index (χ3n) is 2.88. The molecule has 0 saturated carbocycles. The van der Waals surface area contributed by atoms with Gasteiger partial charge in [-0.25, -0.2) is 0 Å². The molecule has 0 spiro atoms. The van der Waals surface area contributed by atoms with E-state index in [1.807, 2.05) is 23.9 Å². The zero-order chi connectivity index (χ0) is 13.5. The number of aliphatic hydroxyl groups excluding tert-OH is 1. The van der Waals surface area contributed by atoms with Crippen molar-refractivity contribution >= 4 is 17.7 Å². The molecule has 1 unspecified atom stereocenters. The Hall–Kier alpha value is -1.44. The predicted molar refractivity (Wildman–Crippen MR) is 78.2 cm³/mol. The molecule has 2 rings (SSSR count). The third kappa shape index (κ3) is 4.30. The molecule has 1 aromatic rings. The van der Waals surface area contributed by atoms with Gasteiger partial charge in [-0.2, -0.15) is 11.8 Å². The average molecular weight is 275 g/mol. The number of nitrogens with one attached hydrogen (secondary N) is 1. The second kappa shape index (κ2) is 7.22. The summed E-state index contributed by atoms with van der Waals surface area (Å²) in [4.78, 5) is 12.0. The normalized spacial score (nSPS) is 17.6. The Morgan fingerprint density at radius 2 is 2.21 bits per heavy atom. The molecule has 19 heavy (non-hydrogen) atoms. The summed E-state index contributed by atoms with van der Waals surface area (Å²) in [5.74, 6) is 7.92. The van der Waals surface area contributed by atoms with Crippen molar-refractivity contribution in [2.24, 2.45) is 0 Å². The fourth-order valence-corrected chi connectivity index (χ4v) is 2.99. The summed E-state index contributed by atoms with van der Waals surface area (Å²) in [5.41, 5.74) is 1.53. The second-order valence-corrected chi connectivity index (χ2v) is 5.54. The van der Waals surface area contributed by atoms with Crippen LogP contribution in [0.5, 0.6) is 0 Å². The number of aliphatic hydroxyl groups is 1. The molecule has 0 radical (unpaired) electrons. The van der Waals surface area contributed by atoms with Crippen molar-refractivity contribution in [3.05, 3.63) is 35.4 Å². The van der Waals surface area contributed by atoms with Gasteiger partial charge in [-0.05, 0) is 36.4 Å². The van der Waals surface area contributed by atoms with Crippen LogP contribution < -0.4 is 5.32 Å². The topological polar surface area (TPSA) is 49.3 Å². The van der Waals surface area contributed by atoms with Crippen LogP contribution in [0.15, 0.2) is 24.3 Å². The Morgan fingerprint density at radius 3 is 2.84 bits per heavy atom. The zero-order valence-corrected chi connectivity index (χ0v) is 11.5. The summed E-state index contributed by atoms with van der Waals surface area (Å²) in [6.07, 6.45) is 1.53. The van der Waals surface area contributed by atoms with Gasteiger partial charge in [0.15, 0.2) is 0 Å². The van der Waals surface area contributed by atoms with Gasteiger partial charge in [-0.15, -0.1) is 0 Å². The lowest BCUT2D eigenvalue weighted by atomic mass is 10.1. The largest absolute Gasteiger partial charge is 0.395 e. The first-order chi connectivity index (χ1) is 9.29. The van der Waals surface area contributed by atoms with E-state index in [1.54, 1.807) is 12.1 Å². The smallest absolute Gasteiger partial charge is 0.251 e. The van der Waals surface area contributed by atoms with Crippen molar-refractivity contribution in [1.29, 1.82) is 0 Å². The van der Waals surface area contributed by atoms with Gasteiger partial charge in [0.1, 0.15) is 0 Å². The molecule has 0 aliphatic carbocycles. The van der Waals surface area contributed by atoms with Crippen LogP contribution in [0, 0.1) is 11.8 Å². The Labute approximate surface area is 117 Å². The lowest BCUT2D eigenvalue weighted by Gasteiger charge is -2.11. The quantitative estimate of drug-likeness (QED) is 0.825. The highest BCUT2D eigenvalue weighted by Crippen LogP contribution is 2.17. The van der Waals surface area contributed by atoms with Crippen LogP contribution in [0.2, 0.25) is 0 Å². The number of amides is 1. The fourth-order valence-electron chi connectivity index (χ4n) is 1.84. The highest BCUT2D eigenvalue weighted by molar-refractivity contribution is 7.99. The lowest BCUT2D eigenvalue weighted by Crippen LogP contribution is -2.34. The van der Waals surface area contributed by atoms with E-state index < -0.39 is 0 Å². The number of carbonyl (C=O) groups is 1. The van der Waals surface area contributed by atoms with Crippen molar-refractivity contribution in [2.75, 3.05) is 18.1 Å². The zero-order valence-electron chi connectivity index (χ0n) is 10.7. The minimum atomic E-state index is -0.0117. The van der Waals surface area contributed by atoms with E-state index in [-0.39, 0.29) is 12.5 Å². The van der Waals surface area contributed by atoms with Crippen LogP contribution in [0.4, 0.5) is 0 Å². The number of hydrogen-bond donors (Lipinski definition) is 2. The van der Waals surface area contributed by atoms with Gasteiger partial charge < -0.3 is 10.4 Å². The summed E-state index contributed by atoms with van der Waals surface area (Å²) in [5, 5.41) is 11.7. The Bertz CT molecular complexity index is 481. The first-order valence-corrected chi connectivity index (χ1v) is 7.53. The molecule has 0 bridgehead atoms. The van der Waals surface area contributed by atoms with Crippen molar-refractivity contribution in [3.8, 4) is 11.8 Å². The van der Waals surface area contributed by atoms with Crippen molar-refractivity contribution in [1.82, 2.24) is 5.32 Å². The maximum atomic E-state index is 12.0. The van der Waals surface area contributed by atoms with E-state index in [2.05, 4.69) is 17.2 Å². The maximum Gasteiger partial charge on any atom is 0.251 e. The molecule has 1 fully saturated rings. The van der Waals surface area contributed by atoms with Crippen LogP contribution in [0.3, 0.4) is 0 Å². The second-order valence-electron chi connectivity index (χ2n) is 4.39. The summed E-state index contributed by atoms with van der Waals surface area (Å²) in [6.45, 7) is 0.0763. The SMILES string of the molecule is O=C(NC1CCSC1)c1ccc(C#CCCO)cc1. The Balaban J connectivity index is 1.94. The molecule has 2 N–H and O–H groups in total. The molecule has 0 aromatic heterocycles. The molecule has 4 heteroatoms. The summed E-state index contributed by atoms with van der Waals surface area (Å²) in [6, 6.07) is 7.56. The first-order valence-electron chi connectivity index (χ1n) is 6.38. The Morgan fingerprint density at radius 1 is 1.42 bits per heavy atom. The lowest BCUT2D eigenvalue weighted by molar-refractivity contribution is 0.0941. The number of carbonyl (C=O) groups excluding carboxylic acids is 1. The summed E-state index contributed by atoms with van der Waals surface area (Å²) in [7, 11) is 0. The van der Waals surface area contributed by atoms with Crippen LogP contribution in [-0.4, -0.2) is 35.2 Å². The van der Waals surface area contributed by atoms with Gasteiger partial charge >= 0.3 is 0 Å². The van der Waals surface area contributed by atoms with Gasteiger partial charge in [-0.3, -0.25) is 4.79 Å². The van der Waals surface area contributed by atoms with Crippen molar-refractivity contribution in [2.45, 2.75) is 18.9 Å². The molecular weight excluding hydrogens is 258 g/mol. The number of hydrogen-bond acceptors (Lipinski definition) is 3. The molecular formula is C15H17NO2S. The molecule has 100 valence electrons. The molecule has 1 aliphatic heterocycles. The maximum absolute atomic E-state index is 12.0. The molecule has 1 atom stereocenters. The minimum absolute atomic E-state index is 0.0117. The highest BCUT2D eigenvalue weighted by atomic mass is 32.2. The molecule has 1 heterocycles. The Kier molecular flexibility index (Phi) is 5.31. The van der Waals surface area contributed by atoms with Crippen LogP contribution >= 0.6 is 11.8 Å². The standard InChI is InChI=1S/C15H17NO2S/c17-9-2-1-3-12-4-6-13(7-5-12)15(18)16-14-8-10-19-11-14/h4-7,14,17H,2,8-11H2,(H,16,18). The van der Waals surface area contributed by atoms with Gasteiger partial charge in [0.25, 0.3) is 5.91 Å². The van der Waals surface area contributed by atoms with Crippen LogP contribution in [-0.2, 0) is 0 Å². The number of benzene rings is 1. The van der Waals surface area contributed by atoms with E-state index in [0.29, 0.717) is 18.0 Å². The number of rotatable bonds is 3. The van der Waals surface area contributed by atoms with E-state index >= 15 is 0 Å². The third-order valence-corrected chi connectivity index (χ3v) is 4.04. The monoisotopic (exact) mass is 275 g/mol. The molecule has 1 amide bonds. The van der Waals surface area contributed by atoms with Gasteiger partial charge in [0.05, 0.1) is 6.61 Å². The first kappa shape index (κ1) is 14.0. The van der Waals surface area contributed by atoms with E-state index in [9.17, 15) is 4.79 Å². The van der Waals surface area contributed by atoms with Crippen molar-refractivity contribution < 1.29 is 9.90 Å². The average Bonchev–Trinajstić information content (AvgIpc) is 2.93. The predicted octanol–water partition coefficient (Wildman–Crippen LogP) is 1.66. The van der Waals surface area contributed by atoms with Crippen molar-refractivity contribution in [3.63, 3.8) is 0 Å². The highest BCUT2D eigenvalue weighted by Gasteiger charge is 2.18. The molecule has 1 aliphatic rings. The molecule has 1 aromatic carbocycles. The van der Waals surface area contributed by atoms with Crippen LogP contribution in [0.25, 0.3) is 0 Å². The number of thioether (sulfide) groups is 1. The van der Waals surface area contributed by atoms with E-state index in [4.69, 9.17) is 5.11 Å². The van der Waals surface area contributed by atoms with Crippen LogP contribution in [0.1, 0.15) is 28.8 Å². The van der Waals surface area contributed by atoms with Gasteiger partial charge in [-0.1, -0.05) is 11.8 Å². The summed E-state index contributed by atoms with van der Waals surface area (Å²) < 4.78 is 0. The minimum Gasteiger partial charge on any atom is -0.395 e. The molecule has 3 nitrogen and oxygen atoms in total. The van der Waals surface area contributed by atoms with Gasteiger partial charge in [0.2, 0.25) is 0 Å². The fraction of sp³-hybridized carbons (Fsp3) is 0.400. The van der Waals surface area contributed by atoms with Gasteiger partial charge in [0, 0.05) is 29.3 Å².